The first kappa shape index (κ1) is 13.4. The van der Waals surface area contributed by atoms with Crippen LogP contribution in [0.1, 0.15) is 33.6 Å². The molecular weight excluding hydrogens is 182 g/mol. The van der Waals surface area contributed by atoms with Crippen LogP contribution in [0, 0.1) is 0 Å². The summed E-state index contributed by atoms with van der Waals surface area (Å²) in [6.45, 7) is 6.27. The molecule has 84 valence electrons. The van der Waals surface area contributed by atoms with E-state index in [1.54, 1.807) is 14.0 Å². The molecule has 14 heavy (non-hydrogen) atoms. The minimum atomic E-state index is -0.896. The van der Waals surface area contributed by atoms with Gasteiger partial charge in [-0.15, -0.1) is 0 Å². The summed E-state index contributed by atoms with van der Waals surface area (Å²) in [7, 11) is 1.65. The quantitative estimate of drug-likeness (QED) is 0.654. The molecule has 0 rings (SSSR count). The fourth-order valence-electron chi connectivity index (χ4n) is 1.25. The summed E-state index contributed by atoms with van der Waals surface area (Å²) < 4.78 is 5.44. The molecule has 0 amide bonds. The Hall–Kier alpha value is -0.610. The lowest BCUT2D eigenvalue weighted by molar-refractivity contribution is -0.145. The Morgan fingerprint density at radius 1 is 1.64 bits per heavy atom. The molecule has 0 saturated carbocycles. The highest BCUT2D eigenvalue weighted by molar-refractivity contribution is 5.78. The van der Waals surface area contributed by atoms with Gasteiger partial charge in [-0.3, -0.25) is 4.79 Å². The van der Waals surface area contributed by atoms with Crippen LogP contribution in [0.15, 0.2) is 0 Å². The fourth-order valence-corrected chi connectivity index (χ4v) is 1.25. The van der Waals surface area contributed by atoms with Crippen molar-refractivity contribution >= 4 is 5.97 Å². The van der Waals surface area contributed by atoms with Gasteiger partial charge in [-0.2, -0.15) is 0 Å². The molecule has 2 N–H and O–H groups in total. The molecule has 2 unspecified atom stereocenters. The second-order valence-electron chi connectivity index (χ2n) is 3.77. The second-order valence-corrected chi connectivity index (χ2v) is 3.77. The topological polar surface area (TPSA) is 58.6 Å². The molecule has 0 fully saturated rings. The monoisotopic (exact) mass is 203 g/mol. The van der Waals surface area contributed by atoms with Gasteiger partial charge in [0.15, 0.2) is 0 Å². The zero-order valence-corrected chi connectivity index (χ0v) is 9.46. The van der Waals surface area contributed by atoms with Crippen molar-refractivity contribution in [1.82, 2.24) is 5.32 Å². The van der Waals surface area contributed by atoms with Crippen LogP contribution in [0.5, 0.6) is 0 Å². The van der Waals surface area contributed by atoms with Crippen LogP contribution in [0.25, 0.3) is 0 Å². The predicted molar refractivity (Wildman–Crippen MR) is 55.4 cm³/mol. The van der Waals surface area contributed by atoms with Crippen LogP contribution in [0.3, 0.4) is 0 Å². The molecule has 0 spiro atoms. The van der Waals surface area contributed by atoms with E-state index in [2.05, 4.69) is 5.32 Å². The van der Waals surface area contributed by atoms with Gasteiger partial charge in [0.1, 0.15) is 5.54 Å². The average Bonchev–Trinajstić information content (AvgIpc) is 2.14. The van der Waals surface area contributed by atoms with E-state index in [1.807, 2.05) is 13.8 Å². The van der Waals surface area contributed by atoms with Gasteiger partial charge < -0.3 is 15.2 Å². The van der Waals surface area contributed by atoms with E-state index in [1.165, 1.54) is 0 Å². The molecule has 4 nitrogen and oxygen atoms in total. The van der Waals surface area contributed by atoms with E-state index >= 15 is 0 Å². The number of hydrogen-bond acceptors (Lipinski definition) is 3. The number of aliphatic carboxylic acids is 1. The molecule has 0 radical (unpaired) electrons. The summed E-state index contributed by atoms with van der Waals surface area (Å²) in [5.41, 5.74) is -0.896. The Balaban J connectivity index is 4.10. The number of rotatable bonds is 7. The number of carboxylic acids is 1. The Morgan fingerprint density at radius 2 is 2.21 bits per heavy atom. The summed E-state index contributed by atoms with van der Waals surface area (Å²) in [5.74, 6) is -0.841. The third-order valence-corrected chi connectivity index (χ3v) is 2.33. The lowest BCUT2D eigenvalue weighted by atomic mass is 9.95. The molecule has 0 aromatic heterocycles. The summed E-state index contributed by atoms with van der Waals surface area (Å²) in [6.07, 6.45) is 1.38. The van der Waals surface area contributed by atoms with Crippen LogP contribution in [0.4, 0.5) is 0 Å². The van der Waals surface area contributed by atoms with E-state index < -0.39 is 11.5 Å². The predicted octanol–water partition coefficient (Wildman–Crippen LogP) is 1.25. The Morgan fingerprint density at radius 3 is 2.57 bits per heavy atom. The average molecular weight is 203 g/mol. The molecule has 0 heterocycles. The van der Waals surface area contributed by atoms with Gasteiger partial charge in [0.05, 0.1) is 6.10 Å². The molecule has 0 aromatic carbocycles. The van der Waals surface area contributed by atoms with Gasteiger partial charge in [-0.1, -0.05) is 6.92 Å². The van der Waals surface area contributed by atoms with E-state index in [-0.39, 0.29) is 6.10 Å². The van der Waals surface area contributed by atoms with Crippen molar-refractivity contribution < 1.29 is 14.6 Å². The first-order chi connectivity index (χ1) is 6.46. The summed E-state index contributed by atoms with van der Waals surface area (Å²) >= 11 is 0. The minimum absolute atomic E-state index is 0.0384. The lowest BCUT2D eigenvalue weighted by Crippen LogP contribution is -2.49. The molecule has 0 aliphatic carbocycles. The van der Waals surface area contributed by atoms with Crippen molar-refractivity contribution in [3.05, 3.63) is 0 Å². The largest absolute Gasteiger partial charge is 0.480 e. The van der Waals surface area contributed by atoms with E-state index in [0.29, 0.717) is 13.0 Å². The van der Waals surface area contributed by atoms with Crippen molar-refractivity contribution in [1.29, 1.82) is 0 Å². The van der Waals surface area contributed by atoms with E-state index in [9.17, 15) is 4.79 Å². The van der Waals surface area contributed by atoms with Gasteiger partial charge in [0.25, 0.3) is 0 Å². The first-order valence-corrected chi connectivity index (χ1v) is 5.00. The van der Waals surface area contributed by atoms with Gasteiger partial charge in [0, 0.05) is 13.0 Å². The maximum absolute atomic E-state index is 10.9. The standard InChI is InChI=1S/C10H21NO3/c1-5-6-14-8(2)7-10(3,11-4)9(12)13/h8,11H,5-7H2,1-4H3,(H,12,13). The maximum atomic E-state index is 10.9. The van der Waals surface area contributed by atoms with Crippen molar-refractivity contribution in [2.24, 2.45) is 0 Å². The molecule has 2 atom stereocenters. The summed E-state index contributed by atoms with van der Waals surface area (Å²) in [5, 5.41) is 11.8. The van der Waals surface area contributed by atoms with Crippen molar-refractivity contribution in [2.45, 2.75) is 45.3 Å². The zero-order valence-electron chi connectivity index (χ0n) is 9.46. The third-order valence-electron chi connectivity index (χ3n) is 2.33. The van der Waals surface area contributed by atoms with Gasteiger partial charge in [0.2, 0.25) is 0 Å². The molecule has 0 aromatic rings. The number of likely N-dealkylation sites (N-methyl/N-ethyl adjacent to an activating group) is 1. The second kappa shape index (κ2) is 5.98. The van der Waals surface area contributed by atoms with Crippen LogP contribution >= 0.6 is 0 Å². The van der Waals surface area contributed by atoms with Crippen LogP contribution in [-0.2, 0) is 9.53 Å². The number of carboxylic acid groups (broad SMARTS) is 1. The van der Waals surface area contributed by atoms with Crippen LogP contribution < -0.4 is 5.32 Å². The number of ether oxygens (including phenoxy) is 1. The highest BCUT2D eigenvalue weighted by Crippen LogP contribution is 2.14. The van der Waals surface area contributed by atoms with Gasteiger partial charge in [-0.05, 0) is 27.3 Å². The molecule has 0 saturated heterocycles. The molecule has 4 heteroatoms. The first-order valence-electron chi connectivity index (χ1n) is 5.00. The Kier molecular flexibility index (Phi) is 5.72. The Labute approximate surface area is 85.6 Å². The molecule has 0 bridgehead atoms. The molecule has 0 aliphatic rings. The van der Waals surface area contributed by atoms with E-state index in [4.69, 9.17) is 9.84 Å². The van der Waals surface area contributed by atoms with E-state index in [0.717, 1.165) is 6.42 Å². The highest BCUT2D eigenvalue weighted by Gasteiger charge is 2.32. The highest BCUT2D eigenvalue weighted by atomic mass is 16.5. The van der Waals surface area contributed by atoms with Crippen molar-refractivity contribution in [3.63, 3.8) is 0 Å². The SMILES string of the molecule is CCCOC(C)CC(C)(NC)C(=O)O. The zero-order chi connectivity index (χ0) is 11.2. The maximum Gasteiger partial charge on any atom is 0.323 e. The summed E-state index contributed by atoms with van der Waals surface area (Å²) in [4.78, 5) is 10.9. The summed E-state index contributed by atoms with van der Waals surface area (Å²) in [6, 6.07) is 0. The number of nitrogens with one attached hydrogen (secondary N) is 1. The lowest BCUT2D eigenvalue weighted by Gasteiger charge is -2.27. The normalized spacial score (nSPS) is 17.4. The van der Waals surface area contributed by atoms with Crippen molar-refractivity contribution in [2.75, 3.05) is 13.7 Å². The minimum Gasteiger partial charge on any atom is -0.480 e. The molecule has 0 aliphatic heterocycles. The number of hydrogen-bond donors (Lipinski definition) is 2. The third kappa shape index (κ3) is 4.07. The Bertz CT molecular complexity index is 184. The number of carbonyl (C=O) groups is 1. The van der Waals surface area contributed by atoms with Gasteiger partial charge >= 0.3 is 5.97 Å². The van der Waals surface area contributed by atoms with Crippen molar-refractivity contribution in [3.8, 4) is 0 Å². The van der Waals surface area contributed by atoms with Gasteiger partial charge in [-0.25, -0.2) is 0 Å². The van der Waals surface area contributed by atoms with Crippen LogP contribution in [0.2, 0.25) is 0 Å². The fraction of sp³-hybridized carbons (Fsp3) is 0.900. The van der Waals surface area contributed by atoms with Crippen LogP contribution in [-0.4, -0.2) is 36.4 Å². The molecular formula is C10H21NO3. The smallest absolute Gasteiger partial charge is 0.323 e.